The molecule has 1 saturated heterocycles. The first-order valence-electron chi connectivity index (χ1n) is 10.2. The molecule has 2 aliphatic heterocycles. The van der Waals surface area contributed by atoms with Gasteiger partial charge in [-0.3, -0.25) is 14.5 Å². The lowest BCUT2D eigenvalue weighted by atomic mass is 9.92. The summed E-state index contributed by atoms with van der Waals surface area (Å²) in [4.78, 5) is 38.7. The molecule has 2 aromatic rings. The van der Waals surface area contributed by atoms with Crippen LogP contribution < -0.4 is 20.1 Å². The lowest BCUT2D eigenvalue weighted by Crippen LogP contribution is -2.47. The molecule has 4 rings (SSSR count). The van der Waals surface area contributed by atoms with Gasteiger partial charge in [0.25, 0.3) is 5.91 Å². The van der Waals surface area contributed by atoms with E-state index in [-0.39, 0.29) is 25.7 Å². The second kappa shape index (κ2) is 8.29. The number of nitrogens with one attached hydrogen (secondary N) is 2. The van der Waals surface area contributed by atoms with E-state index in [2.05, 4.69) is 10.6 Å². The summed E-state index contributed by atoms with van der Waals surface area (Å²) in [6, 6.07) is 12.8. The quantitative estimate of drug-likeness (QED) is 0.664. The minimum Gasteiger partial charge on any atom is -0.454 e. The third kappa shape index (κ3) is 4.33. The molecule has 31 heavy (non-hydrogen) atoms. The third-order valence-corrected chi connectivity index (χ3v) is 5.62. The van der Waals surface area contributed by atoms with Gasteiger partial charge in [-0.1, -0.05) is 30.3 Å². The predicted molar refractivity (Wildman–Crippen MR) is 113 cm³/mol. The van der Waals surface area contributed by atoms with Gasteiger partial charge in [-0.2, -0.15) is 0 Å². The fourth-order valence-electron chi connectivity index (χ4n) is 3.90. The molecule has 1 atom stereocenters. The fraction of sp³-hybridized carbons (Fsp3) is 0.348. The van der Waals surface area contributed by atoms with Crippen LogP contribution in [0.15, 0.2) is 42.5 Å². The highest BCUT2D eigenvalue weighted by molar-refractivity contribution is 6.08. The average Bonchev–Trinajstić information content (AvgIpc) is 3.27. The summed E-state index contributed by atoms with van der Waals surface area (Å²) in [6.45, 7) is 3.97. The van der Waals surface area contributed by atoms with Crippen molar-refractivity contribution in [1.29, 1.82) is 0 Å². The second-order valence-corrected chi connectivity index (χ2v) is 8.04. The summed E-state index contributed by atoms with van der Waals surface area (Å²) in [5.41, 5.74) is 2.00. The summed E-state index contributed by atoms with van der Waals surface area (Å²) >= 11 is 0. The van der Waals surface area contributed by atoms with Crippen LogP contribution in [0, 0.1) is 6.92 Å². The summed E-state index contributed by atoms with van der Waals surface area (Å²) < 4.78 is 10.7. The SMILES string of the molecule is Cc1ccccc1CCNC(=O)CN1C(=O)N[C@](C)(Cc2ccc3c(c2)OCO3)C1=O. The number of carbonyl (C=O) groups excluding carboxylic acids is 3. The smallest absolute Gasteiger partial charge is 0.325 e. The first kappa shape index (κ1) is 20.7. The second-order valence-electron chi connectivity index (χ2n) is 8.04. The molecule has 8 heteroatoms. The molecule has 0 saturated carbocycles. The molecule has 2 aromatic carbocycles. The lowest BCUT2D eigenvalue weighted by Gasteiger charge is -2.22. The van der Waals surface area contributed by atoms with Crippen molar-refractivity contribution in [2.24, 2.45) is 0 Å². The van der Waals surface area contributed by atoms with Gasteiger partial charge in [-0.05, 0) is 49.1 Å². The Hall–Kier alpha value is -3.55. The van der Waals surface area contributed by atoms with E-state index in [1.807, 2.05) is 37.3 Å². The maximum atomic E-state index is 13.0. The molecule has 0 spiro atoms. The van der Waals surface area contributed by atoms with Crippen molar-refractivity contribution in [3.8, 4) is 11.5 Å². The Labute approximate surface area is 180 Å². The summed E-state index contributed by atoms with van der Waals surface area (Å²) in [5, 5.41) is 5.51. The number of aryl methyl sites for hydroxylation is 1. The predicted octanol–water partition coefficient (Wildman–Crippen LogP) is 1.94. The number of urea groups is 1. The molecule has 0 aliphatic carbocycles. The number of hydrogen-bond acceptors (Lipinski definition) is 5. The summed E-state index contributed by atoms with van der Waals surface area (Å²) in [7, 11) is 0. The van der Waals surface area contributed by atoms with Crippen LogP contribution >= 0.6 is 0 Å². The first-order valence-corrected chi connectivity index (χ1v) is 10.2. The maximum Gasteiger partial charge on any atom is 0.325 e. The fourth-order valence-corrected chi connectivity index (χ4v) is 3.90. The Morgan fingerprint density at radius 1 is 1.16 bits per heavy atom. The molecule has 0 radical (unpaired) electrons. The number of hydrogen-bond donors (Lipinski definition) is 2. The average molecular weight is 423 g/mol. The van der Waals surface area contributed by atoms with E-state index in [0.717, 1.165) is 21.6 Å². The van der Waals surface area contributed by atoms with Crippen LogP contribution in [0.4, 0.5) is 4.79 Å². The van der Waals surface area contributed by atoms with Crippen molar-refractivity contribution in [3.05, 3.63) is 59.2 Å². The lowest BCUT2D eigenvalue weighted by molar-refractivity contribution is -0.134. The number of ether oxygens (including phenoxy) is 2. The van der Waals surface area contributed by atoms with Crippen LogP contribution in [-0.4, -0.2) is 48.2 Å². The van der Waals surface area contributed by atoms with E-state index >= 15 is 0 Å². The number of fused-ring (bicyclic) bond motifs is 1. The molecule has 0 aromatic heterocycles. The van der Waals surface area contributed by atoms with Crippen LogP contribution in [0.3, 0.4) is 0 Å². The van der Waals surface area contributed by atoms with Gasteiger partial charge in [0.05, 0.1) is 0 Å². The van der Waals surface area contributed by atoms with Gasteiger partial charge < -0.3 is 20.1 Å². The van der Waals surface area contributed by atoms with E-state index in [1.165, 1.54) is 0 Å². The van der Waals surface area contributed by atoms with Crippen molar-refractivity contribution in [2.75, 3.05) is 19.9 Å². The Bertz CT molecular complexity index is 1040. The van der Waals surface area contributed by atoms with Crippen molar-refractivity contribution < 1.29 is 23.9 Å². The Kier molecular flexibility index (Phi) is 5.54. The molecular formula is C23H25N3O5. The highest BCUT2D eigenvalue weighted by Crippen LogP contribution is 2.34. The van der Waals surface area contributed by atoms with Gasteiger partial charge in [-0.15, -0.1) is 0 Å². The van der Waals surface area contributed by atoms with E-state index in [4.69, 9.17) is 9.47 Å². The molecule has 0 bridgehead atoms. The zero-order chi connectivity index (χ0) is 22.0. The Morgan fingerprint density at radius 2 is 1.94 bits per heavy atom. The van der Waals surface area contributed by atoms with Gasteiger partial charge in [0.2, 0.25) is 12.7 Å². The summed E-state index contributed by atoms with van der Waals surface area (Å²) in [6.07, 6.45) is 0.958. The van der Waals surface area contributed by atoms with Gasteiger partial charge in [0.15, 0.2) is 11.5 Å². The topological polar surface area (TPSA) is 97.0 Å². The van der Waals surface area contributed by atoms with E-state index in [9.17, 15) is 14.4 Å². The number of rotatable bonds is 7. The monoisotopic (exact) mass is 423 g/mol. The van der Waals surface area contributed by atoms with Crippen LogP contribution in [0.1, 0.15) is 23.6 Å². The van der Waals surface area contributed by atoms with Crippen LogP contribution in [-0.2, 0) is 22.4 Å². The molecule has 1 fully saturated rings. The third-order valence-electron chi connectivity index (χ3n) is 5.62. The maximum absolute atomic E-state index is 13.0. The first-order chi connectivity index (χ1) is 14.9. The number of amides is 4. The number of benzene rings is 2. The van der Waals surface area contributed by atoms with Gasteiger partial charge in [0, 0.05) is 13.0 Å². The molecular weight excluding hydrogens is 398 g/mol. The van der Waals surface area contributed by atoms with Crippen LogP contribution in [0.5, 0.6) is 11.5 Å². The molecule has 8 nitrogen and oxygen atoms in total. The standard InChI is InChI=1S/C23H25N3O5/c1-15-5-3-4-6-17(15)9-10-24-20(27)13-26-21(28)23(2,25-22(26)29)12-16-7-8-18-19(11-16)31-14-30-18/h3-8,11H,9-10,12-14H2,1-2H3,(H,24,27)(H,25,29)/t23-/m1/s1. The van der Waals surface area contributed by atoms with E-state index in [0.29, 0.717) is 24.5 Å². The Morgan fingerprint density at radius 3 is 2.74 bits per heavy atom. The molecule has 0 unspecified atom stereocenters. The molecule has 4 amide bonds. The van der Waals surface area contributed by atoms with Gasteiger partial charge in [0.1, 0.15) is 12.1 Å². The van der Waals surface area contributed by atoms with Gasteiger partial charge >= 0.3 is 6.03 Å². The van der Waals surface area contributed by atoms with E-state index in [1.54, 1.807) is 19.1 Å². The van der Waals surface area contributed by atoms with Crippen molar-refractivity contribution in [1.82, 2.24) is 15.5 Å². The van der Waals surface area contributed by atoms with E-state index < -0.39 is 17.5 Å². The summed E-state index contributed by atoms with van der Waals surface area (Å²) in [5.74, 6) is 0.469. The van der Waals surface area contributed by atoms with Crippen molar-refractivity contribution >= 4 is 17.8 Å². The number of nitrogens with zero attached hydrogens (tertiary/aromatic N) is 1. The normalized spacial score (nSPS) is 19.5. The van der Waals surface area contributed by atoms with Crippen molar-refractivity contribution in [3.63, 3.8) is 0 Å². The molecule has 2 aliphatic rings. The Balaban J connectivity index is 1.34. The molecule has 162 valence electrons. The van der Waals surface area contributed by atoms with Gasteiger partial charge in [-0.25, -0.2) is 4.79 Å². The minimum atomic E-state index is -1.13. The van der Waals surface area contributed by atoms with Crippen LogP contribution in [0.25, 0.3) is 0 Å². The molecule has 2 heterocycles. The van der Waals surface area contributed by atoms with Crippen LogP contribution in [0.2, 0.25) is 0 Å². The highest BCUT2D eigenvalue weighted by Gasteiger charge is 2.48. The highest BCUT2D eigenvalue weighted by atomic mass is 16.7. The zero-order valence-electron chi connectivity index (χ0n) is 17.6. The van der Waals surface area contributed by atoms with Crippen molar-refractivity contribution in [2.45, 2.75) is 32.2 Å². The number of imide groups is 1. The largest absolute Gasteiger partial charge is 0.454 e. The number of carbonyl (C=O) groups is 3. The zero-order valence-corrected chi connectivity index (χ0v) is 17.6. The molecule has 2 N–H and O–H groups in total. The minimum absolute atomic E-state index is 0.165.